The SMILES string of the molecule is CC1(C)c2ccccc2Oc2cc(-c3ccc4c(c3)-c3ccccc3C43c4ccccc4-c4ccc5ccccc5c43)ccc21. The maximum Gasteiger partial charge on any atom is 0.132 e. The second-order valence-electron chi connectivity index (χ2n) is 13.2. The fourth-order valence-corrected chi connectivity index (χ4v) is 8.74. The highest BCUT2D eigenvalue weighted by Crippen LogP contribution is 2.64. The Balaban J connectivity index is 1.22. The van der Waals surface area contributed by atoms with Crippen LogP contribution < -0.4 is 4.74 Å². The van der Waals surface area contributed by atoms with E-state index in [1.807, 2.05) is 0 Å². The minimum Gasteiger partial charge on any atom is -0.457 e. The van der Waals surface area contributed by atoms with Crippen LogP contribution in [-0.2, 0) is 10.8 Å². The summed E-state index contributed by atoms with van der Waals surface area (Å²) in [6.07, 6.45) is 0. The number of para-hydroxylation sites is 1. The van der Waals surface area contributed by atoms with E-state index >= 15 is 0 Å². The molecule has 0 saturated heterocycles. The van der Waals surface area contributed by atoms with Crippen LogP contribution in [0.1, 0.15) is 47.2 Å². The molecular weight excluding hydrogens is 544 g/mol. The summed E-state index contributed by atoms with van der Waals surface area (Å²) in [5.74, 6) is 1.89. The van der Waals surface area contributed by atoms with Crippen LogP contribution in [0.4, 0.5) is 0 Å². The van der Waals surface area contributed by atoms with Crippen molar-refractivity contribution in [3.63, 3.8) is 0 Å². The van der Waals surface area contributed by atoms with Crippen molar-refractivity contribution in [3.05, 3.63) is 179 Å². The molecule has 1 nitrogen and oxygen atoms in total. The second kappa shape index (κ2) is 8.61. The van der Waals surface area contributed by atoms with E-state index in [4.69, 9.17) is 4.74 Å². The average molecular weight is 575 g/mol. The lowest BCUT2D eigenvalue weighted by atomic mass is 9.69. The molecule has 0 bridgehead atoms. The van der Waals surface area contributed by atoms with Gasteiger partial charge in [0.25, 0.3) is 0 Å². The molecule has 0 N–H and O–H groups in total. The average Bonchev–Trinajstić information content (AvgIpc) is 3.55. The first kappa shape index (κ1) is 25.0. The van der Waals surface area contributed by atoms with Crippen molar-refractivity contribution in [1.82, 2.24) is 0 Å². The third-order valence-corrected chi connectivity index (χ3v) is 10.7. The Morgan fingerprint density at radius 3 is 1.80 bits per heavy atom. The Kier molecular flexibility index (Phi) is 4.78. The molecule has 1 heterocycles. The second-order valence-corrected chi connectivity index (χ2v) is 13.2. The van der Waals surface area contributed by atoms with E-state index in [1.165, 1.54) is 77.5 Å². The van der Waals surface area contributed by atoms with Gasteiger partial charge in [-0.1, -0.05) is 141 Å². The first-order valence-electron chi connectivity index (χ1n) is 15.9. The zero-order valence-corrected chi connectivity index (χ0v) is 25.3. The maximum absolute atomic E-state index is 6.52. The van der Waals surface area contributed by atoms with E-state index in [2.05, 4.69) is 159 Å². The Hall–Kier alpha value is -5.40. The lowest BCUT2D eigenvalue weighted by Gasteiger charge is -2.34. The third kappa shape index (κ3) is 3.08. The summed E-state index contributed by atoms with van der Waals surface area (Å²) in [7, 11) is 0. The van der Waals surface area contributed by atoms with Crippen LogP contribution in [0.3, 0.4) is 0 Å². The van der Waals surface area contributed by atoms with Crippen LogP contribution in [0.25, 0.3) is 44.2 Å². The van der Waals surface area contributed by atoms with Crippen LogP contribution in [0.15, 0.2) is 146 Å². The quantitative estimate of drug-likeness (QED) is 0.189. The molecular formula is C44H30O. The smallest absolute Gasteiger partial charge is 0.132 e. The first-order valence-corrected chi connectivity index (χ1v) is 15.9. The summed E-state index contributed by atoms with van der Waals surface area (Å²) in [4.78, 5) is 0. The van der Waals surface area contributed by atoms with Crippen molar-refractivity contribution in [2.75, 3.05) is 0 Å². The highest BCUT2D eigenvalue weighted by Gasteiger charge is 2.52. The minimum atomic E-state index is -0.371. The van der Waals surface area contributed by atoms with Crippen molar-refractivity contribution < 1.29 is 4.74 Å². The highest BCUT2D eigenvalue weighted by atomic mass is 16.5. The fraction of sp³-hybridized carbons (Fsp3) is 0.0909. The first-order chi connectivity index (χ1) is 22.1. The van der Waals surface area contributed by atoms with Gasteiger partial charge in [-0.3, -0.25) is 0 Å². The molecule has 7 aromatic carbocycles. The van der Waals surface area contributed by atoms with Crippen molar-refractivity contribution in [2.24, 2.45) is 0 Å². The highest BCUT2D eigenvalue weighted by molar-refractivity contribution is 6.04. The molecule has 1 heteroatoms. The van der Waals surface area contributed by atoms with E-state index in [1.54, 1.807) is 0 Å². The summed E-state index contributed by atoms with van der Waals surface area (Å²) in [5.41, 5.74) is 15.1. The summed E-state index contributed by atoms with van der Waals surface area (Å²) in [5, 5.41) is 2.61. The van der Waals surface area contributed by atoms with Gasteiger partial charge in [0.2, 0.25) is 0 Å². The zero-order chi connectivity index (χ0) is 29.9. The molecule has 212 valence electrons. The van der Waals surface area contributed by atoms with E-state index in [0.717, 1.165) is 11.5 Å². The van der Waals surface area contributed by atoms with E-state index in [-0.39, 0.29) is 10.8 Å². The lowest BCUT2D eigenvalue weighted by Crippen LogP contribution is -2.26. The van der Waals surface area contributed by atoms with Gasteiger partial charge in [-0.15, -0.1) is 0 Å². The van der Waals surface area contributed by atoms with Crippen molar-refractivity contribution in [3.8, 4) is 44.9 Å². The van der Waals surface area contributed by atoms with Crippen LogP contribution in [0.5, 0.6) is 11.5 Å². The number of benzene rings is 7. The molecule has 0 saturated carbocycles. The van der Waals surface area contributed by atoms with Gasteiger partial charge in [-0.25, -0.2) is 0 Å². The van der Waals surface area contributed by atoms with Gasteiger partial charge in [-0.05, 0) is 84.6 Å². The van der Waals surface area contributed by atoms with Crippen LogP contribution in [-0.4, -0.2) is 0 Å². The Morgan fingerprint density at radius 2 is 1.00 bits per heavy atom. The van der Waals surface area contributed by atoms with Crippen molar-refractivity contribution in [1.29, 1.82) is 0 Å². The van der Waals surface area contributed by atoms with Crippen LogP contribution in [0, 0.1) is 0 Å². The molecule has 1 aliphatic heterocycles. The monoisotopic (exact) mass is 574 g/mol. The fourth-order valence-electron chi connectivity index (χ4n) is 8.74. The predicted octanol–water partition coefficient (Wildman–Crippen LogP) is 11.3. The molecule has 1 atom stereocenters. The van der Waals surface area contributed by atoms with Gasteiger partial charge in [-0.2, -0.15) is 0 Å². The number of rotatable bonds is 1. The molecule has 2 aliphatic carbocycles. The Morgan fingerprint density at radius 1 is 0.422 bits per heavy atom. The molecule has 0 fully saturated rings. The molecule has 3 aliphatic rings. The number of hydrogen-bond acceptors (Lipinski definition) is 1. The standard InChI is InChI=1S/C44H30O/c1-43(2)38-17-9-10-18-40(38)45-41-26-29(21-24-39(41)43)28-20-23-37-34(25-28)32-14-6-8-16-36(32)44(37)35-15-7-5-13-31(35)33-22-19-27-11-3-4-12-30(27)42(33)44/h3-26H,1-2H3. The summed E-state index contributed by atoms with van der Waals surface area (Å²) >= 11 is 0. The predicted molar refractivity (Wildman–Crippen MR) is 184 cm³/mol. The number of fused-ring (bicyclic) bond motifs is 14. The van der Waals surface area contributed by atoms with Gasteiger partial charge < -0.3 is 4.74 Å². The summed E-state index contributed by atoms with van der Waals surface area (Å²) in [6.45, 7) is 4.58. The van der Waals surface area contributed by atoms with Crippen LogP contribution in [0.2, 0.25) is 0 Å². The molecule has 10 rings (SSSR count). The maximum atomic E-state index is 6.52. The molecule has 1 spiro atoms. The van der Waals surface area contributed by atoms with E-state index in [0.29, 0.717) is 0 Å². The normalized spacial score (nSPS) is 17.6. The van der Waals surface area contributed by atoms with Gasteiger partial charge in [0.1, 0.15) is 11.5 Å². The van der Waals surface area contributed by atoms with Crippen molar-refractivity contribution in [2.45, 2.75) is 24.7 Å². The van der Waals surface area contributed by atoms with Crippen LogP contribution >= 0.6 is 0 Å². The topological polar surface area (TPSA) is 9.23 Å². The number of ether oxygens (including phenoxy) is 1. The molecule has 0 aromatic heterocycles. The van der Waals surface area contributed by atoms with E-state index in [9.17, 15) is 0 Å². The minimum absolute atomic E-state index is 0.127. The number of hydrogen-bond donors (Lipinski definition) is 0. The van der Waals surface area contributed by atoms with Crippen molar-refractivity contribution >= 4 is 10.8 Å². The van der Waals surface area contributed by atoms with Gasteiger partial charge >= 0.3 is 0 Å². The van der Waals surface area contributed by atoms with E-state index < -0.39 is 0 Å². The lowest BCUT2D eigenvalue weighted by molar-refractivity contribution is 0.418. The van der Waals surface area contributed by atoms with Gasteiger partial charge in [0.05, 0.1) is 5.41 Å². The molecule has 0 radical (unpaired) electrons. The molecule has 45 heavy (non-hydrogen) atoms. The molecule has 1 unspecified atom stereocenters. The molecule has 7 aromatic rings. The van der Waals surface area contributed by atoms with Gasteiger partial charge in [0, 0.05) is 16.5 Å². The summed E-state index contributed by atoms with van der Waals surface area (Å²) in [6, 6.07) is 53.9. The van der Waals surface area contributed by atoms with Gasteiger partial charge in [0.15, 0.2) is 0 Å². The largest absolute Gasteiger partial charge is 0.457 e. The third-order valence-electron chi connectivity index (χ3n) is 10.7. The Bertz CT molecular complexity index is 2390. The zero-order valence-electron chi connectivity index (χ0n) is 25.3. The Labute approximate surface area is 263 Å². The summed E-state index contributed by atoms with van der Waals surface area (Å²) < 4.78 is 6.52. The molecule has 0 amide bonds.